The zero-order chi connectivity index (χ0) is 32.5. The zero-order valence-corrected chi connectivity index (χ0v) is 28.1. The van der Waals surface area contributed by atoms with Crippen molar-refractivity contribution in [2.45, 2.75) is 70.1 Å². The van der Waals surface area contributed by atoms with Crippen LogP contribution in [0.2, 0.25) is 0 Å². The summed E-state index contributed by atoms with van der Waals surface area (Å²) < 4.78 is 28.9. The van der Waals surface area contributed by atoms with Crippen molar-refractivity contribution in [2.75, 3.05) is 0 Å². The molecule has 1 saturated heterocycles. The minimum atomic E-state index is -0.405. The van der Waals surface area contributed by atoms with Crippen molar-refractivity contribution in [1.29, 1.82) is 0 Å². The van der Waals surface area contributed by atoms with Gasteiger partial charge < -0.3 is 18.9 Å². The minimum Gasteiger partial charge on any atom is -0.368 e. The Morgan fingerprint density at radius 3 is 1.69 bits per heavy atom. The van der Waals surface area contributed by atoms with Gasteiger partial charge in [-0.15, -0.1) is 11.3 Å². The fourth-order valence-corrected chi connectivity index (χ4v) is 7.69. The molecule has 1 aliphatic rings. The van der Waals surface area contributed by atoms with Gasteiger partial charge in [0.05, 0.1) is 25.9 Å². The Morgan fingerprint density at radius 1 is 0.542 bits per heavy atom. The lowest BCUT2D eigenvalue weighted by Crippen LogP contribution is -2.57. The van der Waals surface area contributed by atoms with E-state index >= 15 is 0 Å². The van der Waals surface area contributed by atoms with E-state index in [2.05, 4.69) is 110 Å². The van der Waals surface area contributed by atoms with Crippen LogP contribution in [0.1, 0.15) is 52.1 Å². The van der Waals surface area contributed by atoms with Crippen LogP contribution in [0, 0.1) is 0 Å². The average Bonchev–Trinajstić information content (AvgIpc) is 3.56. The molecule has 0 saturated carbocycles. The van der Waals surface area contributed by atoms with Crippen LogP contribution in [-0.2, 0) is 45.2 Å². The summed E-state index contributed by atoms with van der Waals surface area (Å²) in [6, 6.07) is 50.7. The van der Waals surface area contributed by atoms with Crippen LogP contribution in [0.5, 0.6) is 0 Å². The molecule has 2 heterocycles. The van der Waals surface area contributed by atoms with Crippen LogP contribution < -0.4 is 0 Å². The monoisotopic (exact) mass is 654 g/mol. The van der Waals surface area contributed by atoms with Gasteiger partial charge in [0.25, 0.3) is 0 Å². The summed E-state index contributed by atoms with van der Waals surface area (Å²) in [5.74, 6) is 0. The van der Waals surface area contributed by atoms with Crippen molar-refractivity contribution < 1.29 is 18.9 Å². The summed E-state index contributed by atoms with van der Waals surface area (Å²) in [5, 5.41) is 1.30. The van der Waals surface area contributed by atoms with Gasteiger partial charge in [-0.05, 0) is 51.8 Å². The Hall–Kier alpha value is -4.10. The fourth-order valence-electron chi connectivity index (χ4n) is 6.59. The summed E-state index contributed by atoms with van der Waals surface area (Å²) in [7, 11) is 0. The Labute approximate surface area is 287 Å². The van der Waals surface area contributed by atoms with Crippen LogP contribution in [0.3, 0.4) is 0 Å². The summed E-state index contributed by atoms with van der Waals surface area (Å²) in [5.41, 5.74) is 5.69. The Balaban J connectivity index is 1.22. The van der Waals surface area contributed by atoms with Crippen LogP contribution in [-0.4, -0.2) is 24.4 Å². The van der Waals surface area contributed by atoms with Crippen molar-refractivity contribution in [3.8, 4) is 0 Å². The molecular formula is C43H42O4S. The van der Waals surface area contributed by atoms with Gasteiger partial charge in [-0.3, -0.25) is 0 Å². The molecule has 48 heavy (non-hydrogen) atoms. The topological polar surface area (TPSA) is 36.9 Å². The second-order valence-electron chi connectivity index (χ2n) is 12.5. The summed E-state index contributed by atoms with van der Waals surface area (Å²) in [6.07, 6.45) is 0.0419. The quantitative estimate of drug-likeness (QED) is 0.124. The smallest absolute Gasteiger partial charge is 0.117 e. The second-order valence-corrected chi connectivity index (χ2v) is 13.6. The highest BCUT2D eigenvalue weighted by Crippen LogP contribution is 2.40. The van der Waals surface area contributed by atoms with Crippen molar-refractivity contribution >= 4 is 21.4 Å². The summed E-state index contributed by atoms with van der Waals surface area (Å²) in [4.78, 5) is 1.35. The molecule has 0 aliphatic carbocycles. The van der Waals surface area contributed by atoms with E-state index in [1.807, 2.05) is 53.8 Å². The first-order chi connectivity index (χ1) is 23.7. The van der Waals surface area contributed by atoms with E-state index in [0.717, 1.165) is 35.1 Å². The molecule has 1 aliphatic heterocycles. The van der Waals surface area contributed by atoms with E-state index in [9.17, 15) is 0 Å². The Morgan fingerprint density at radius 2 is 1.08 bits per heavy atom. The lowest BCUT2D eigenvalue weighted by atomic mass is 9.88. The van der Waals surface area contributed by atoms with Gasteiger partial charge in [0.2, 0.25) is 0 Å². The van der Waals surface area contributed by atoms with Crippen molar-refractivity contribution in [3.63, 3.8) is 0 Å². The molecule has 0 radical (unpaired) electrons. The molecule has 0 bridgehead atoms. The minimum absolute atomic E-state index is 0.178. The van der Waals surface area contributed by atoms with Crippen LogP contribution in [0.15, 0.2) is 146 Å². The van der Waals surface area contributed by atoms with E-state index in [1.54, 1.807) is 0 Å². The number of hydrogen-bond acceptors (Lipinski definition) is 5. The highest BCUT2D eigenvalue weighted by atomic mass is 32.1. The largest absolute Gasteiger partial charge is 0.368 e. The molecule has 0 spiro atoms. The molecule has 5 heteroatoms. The predicted octanol–water partition coefficient (Wildman–Crippen LogP) is 10.1. The molecule has 0 N–H and O–H groups in total. The number of thiophene rings is 1. The maximum Gasteiger partial charge on any atom is 0.117 e. The van der Waals surface area contributed by atoms with E-state index in [-0.39, 0.29) is 24.4 Å². The molecule has 5 aromatic carbocycles. The van der Waals surface area contributed by atoms with E-state index in [4.69, 9.17) is 18.9 Å². The zero-order valence-electron chi connectivity index (χ0n) is 27.3. The number of benzene rings is 5. The lowest BCUT2D eigenvalue weighted by Gasteiger charge is -2.46. The third kappa shape index (κ3) is 7.95. The first-order valence-corrected chi connectivity index (χ1v) is 17.7. The molecular weight excluding hydrogens is 613 g/mol. The van der Waals surface area contributed by atoms with E-state index in [0.29, 0.717) is 19.8 Å². The van der Waals surface area contributed by atoms with Gasteiger partial charge in [-0.2, -0.15) is 0 Å². The lowest BCUT2D eigenvalue weighted by molar-refractivity contribution is -0.267. The normalized spacial score (nSPS) is 21.0. The molecule has 1 aromatic heterocycles. The highest BCUT2D eigenvalue weighted by Gasteiger charge is 2.48. The fraction of sp³-hybridized carbons (Fsp3) is 0.256. The maximum atomic E-state index is 7.03. The standard InChI is InChI=1S/C43H42O4S/c1-2-38-41(44-28-31-15-6-3-7-16-31)43(46-30-33-19-10-5-11-20-33)42(45-29-32-17-8-4-9-18-32)40(47-38)36-23-14-21-34(25-36)26-37-27-35-22-12-13-24-39(35)48-37/h3-25,27,38,40-43H,2,26,28-30H2,1H3/t38-,40+,41-,42+,43+/m1/s1. The average molecular weight is 655 g/mol. The second kappa shape index (κ2) is 15.9. The molecule has 7 rings (SSSR count). The third-order valence-electron chi connectivity index (χ3n) is 9.03. The number of ether oxygens (including phenoxy) is 4. The van der Waals surface area contributed by atoms with Crippen molar-refractivity contribution in [2.24, 2.45) is 0 Å². The van der Waals surface area contributed by atoms with Gasteiger partial charge in [0.15, 0.2) is 0 Å². The van der Waals surface area contributed by atoms with Gasteiger partial charge in [-0.25, -0.2) is 0 Å². The molecule has 0 unspecified atom stereocenters. The predicted molar refractivity (Wildman–Crippen MR) is 194 cm³/mol. The SMILES string of the molecule is CC[C@H]1O[C@@H](c2cccc(Cc3cc4ccccc4s3)c2)[C@H](OCc2ccccc2)[C@@H](OCc2ccccc2)[C@@H]1OCc1ccccc1. The van der Waals surface area contributed by atoms with E-state index < -0.39 is 6.10 Å². The van der Waals surface area contributed by atoms with Gasteiger partial charge in [0.1, 0.15) is 24.4 Å². The van der Waals surface area contributed by atoms with Crippen LogP contribution in [0.4, 0.5) is 0 Å². The highest BCUT2D eigenvalue weighted by molar-refractivity contribution is 7.19. The van der Waals surface area contributed by atoms with Gasteiger partial charge >= 0.3 is 0 Å². The number of rotatable bonds is 13. The molecule has 244 valence electrons. The van der Waals surface area contributed by atoms with Crippen molar-refractivity contribution in [3.05, 3.63) is 178 Å². The van der Waals surface area contributed by atoms with Gasteiger partial charge in [-0.1, -0.05) is 140 Å². The summed E-state index contributed by atoms with van der Waals surface area (Å²) >= 11 is 1.86. The summed E-state index contributed by atoms with van der Waals surface area (Å²) in [6.45, 7) is 3.53. The molecule has 0 amide bonds. The molecule has 4 nitrogen and oxygen atoms in total. The van der Waals surface area contributed by atoms with E-state index in [1.165, 1.54) is 20.5 Å². The first-order valence-electron chi connectivity index (χ1n) is 16.9. The number of fused-ring (bicyclic) bond motifs is 1. The molecule has 6 aromatic rings. The Kier molecular flexibility index (Phi) is 10.7. The molecule has 5 atom stereocenters. The molecule has 1 fully saturated rings. The van der Waals surface area contributed by atoms with Crippen LogP contribution in [0.25, 0.3) is 10.1 Å². The maximum absolute atomic E-state index is 7.03. The van der Waals surface area contributed by atoms with Crippen molar-refractivity contribution in [1.82, 2.24) is 0 Å². The third-order valence-corrected chi connectivity index (χ3v) is 10.1. The number of hydrogen-bond donors (Lipinski definition) is 0. The first kappa shape index (κ1) is 32.4. The Bertz CT molecular complexity index is 1820. The van der Waals surface area contributed by atoms with Crippen LogP contribution >= 0.6 is 11.3 Å². The van der Waals surface area contributed by atoms with Gasteiger partial charge in [0, 0.05) is 16.0 Å².